The number of phenols is 1. The normalized spacial score (nSPS) is 11.6. The van der Waals surface area contributed by atoms with Crippen molar-refractivity contribution in [3.05, 3.63) is 52.5 Å². The Bertz CT molecular complexity index is 599. The summed E-state index contributed by atoms with van der Waals surface area (Å²) in [5, 5.41) is 9.33. The molecule has 0 amide bonds. The first kappa shape index (κ1) is 14.3. The van der Waals surface area contributed by atoms with Crippen molar-refractivity contribution in [2.45, 2.75) is 16.0 Å². The SMILES string of the molecule is Oc1cccc(Sc2cc(Br)ccc2C(F)(F)F)c1. The van der Waals surface area contributed by atoms with Crippen LogP contribution in [0.25, 0.3) is 0 Å². The Morgan fingerprint density at radius 2 is 1.79 bits per heavy atom. The Hall–Kier alpha value is -1.14. The molecule has 0 heterocycles. The number of hydrogen-bond acceptors (Lipinski definition) is 2. The minimum Gasteiger partial charge on any atom is -0.508 e. The Morgan fingerprint density at radius 3 is 2.42 bits per heavy atom. The van der Waals surface area contributed by atoms with Crippen LogP contribution in [-0.4, -0.2) is 5.11 Å². The molecule has 2 aromatic carbocycles. The van der Waals surface area contributed by atoms with Gasteiger partial charge in [0.1, 0.15) is 5.75 Å². The minimum absolute atomic E-state index is 0.0218. The number of alkyl halides is 3. The zero-order chi connectivity index (χ0) is 14.0. The number of aromatic hydroxyl groups is 1. The summed E-state index contributed by atoms with van der Waals surface area (Å²) in [6.07, 6.45) is -4.40. The maximum atomic E-state index is 12.9. The molecular formula is C13H8BrF3OS. The Morgan fingerprint density at radius 1 is 1.05 bits per heavy atom. The van der Waals surface area contributed by atoms with Crippen molar-refractivity contribution in [3.63, 3.8) is 0 Å². The molecule has 0 aliphatic heterocycles. The number of rotatable bonds is 2. The summed E-state index contributed by atoms with van der Waals surface area (Å²) < 4.78 is 39.2. The van der Waals surface area contributed by atoms with Gasteiger partial charge in [0.15, 0.2) is 0 Å². The second-order valence-corrected chi connectivity index (χ2v) is 5.77. The maximum Gasteiger partial charge on any atom is 0.417 e. The minimum atomic E-state index is -4.40. The van der Waals surface area contributed by atoms with Crippen LogP contribution in [0.4, 0.5) is 13.2 Å². The van der Waals surface area contributed by atoms with Crippen LogP contribution in [0.1, 0.15) is 5.56 Å². The Balaban J connectivity index is 2.41. The predicted octanol–water partition coefficient (Wildman–Crippen LogP) is 5.32. The molecule has 0 unspecified atom stereocenters. The fourth-order valence-corrected chi connectivity index (χ4v) is 3.06. The molecule has 1 N–H and O–H groups in total. The summed E-state index contributed by atoms with van der Waals surface area (Å²) in [5.74, 6) is 0.0218. The molecule has 0 aliphatic rings. The highest BCUT2D eigenvalue weighted by molar-refractivity contribution is 9.10. The molecule has 0 aromatic heterocycles. The van der Waals surface area contributed by atoms with Gasteiger partial charge in [0.05, 0.1) is 5.56 Å². The topological polar surface area (TPSA) is 20.2 Å². The summed E-state index contributed by atoms with van der Waals surface area (Å²) in [5.41, 5.74) is -0.691. The Labute approximate surface area is 120 Å². The lowest BCUT2D eigenvalue weighted by atomic mass is 10.2. The van der Waals surface area contributed by atoms with Crippen molar-refractivity contribution in [1.82, 2.24) is 0 Å². The highest BCUT2D eigenvalue weighted by atomic mass is 79.9. The van der Waals surface area contributed by atoms with Gasteiger partial charge in [0, 0.05) is 14.3 Å². The van der Waals surface area contributed by atoms with Crippen LogP contribution in [0.2, 0.25) is 0 Å². The van der Waals surface area contributed by atoms with E-state index < -0.39 is 11.7 Å². The van der Waals surface area contributed by atoms with E-state index in [1.165, 1.54) is 24.3 Å². The molecule has 2 rings (SSSR count). The van der Waals surface area contributed by atoms with Crippen molar-refractivity contribution in [1.29, 1.82) is 0 Å². The zero-order valence-corrected chi connectivity index (χ0v) is 11.8. The van der Waals surface area contributed by atoms with Gasteiger partial charge in [0.2, 0.25) is 0 Å². The Kier molecular flexibility index (Phi) is 4.10. The second-order valence-electron chi connectivity index (χ2n) is 3.74. The highest BCUT2D eigenvalue weighted by Gasteiger charge is 2.33. The van der Waals surface area contributed by atoms with Crippen molar-refractivity contribution in [2.24, 2.45) is 0 Å². The van der Waals surface area contributed by atoms with Crippen molar-refractivity contribution >= 4 is 27.7 Å². The van der Waals surface area contributed by atoms with Gasteiger partial charge in [-0.1, -0.05) is 33.8 Å². The smallest absolute Gasteiger partial charge is 0.417 e. The average molecular weight is 349 g/mol. The van der Waals surface area contributed by atoms with Crippen LogP contribution < -0.4 is 0 Å². The molecule has 1 nitrogen and oxygen atoms in total. The van der Waals surface area contributed by atoms with E-state index in [0.717, 1.165) is 17.8 Å². The number of hydrogen-bond donors (Lipinski definition) is 1. The van der Waals surface area contributed by atoms with Gasteiger partial charge in [-0.2, -0.15) is 13.2 Å². The molecule has 19 heavy (non-hydrogen) atoms. The summed E-state index contributed by atoms with van der Waals surface area (Å²) >= 11 is 4.12. The van der Waals surface area contributed by atoms with E-state index in [-0.39, 0.29) is 10.6 Å². The lowest BCUT2D eigenvalue weighted by molar-refractivity contribution is -0.139. The zero-order valence-electron chi connectivity index (χ0n) is 9.41. The van der Waals surface area contributed by atoms with Crippen LogP contribution in [-0.2, 0) is 6.18 Å². The fraction of sp³-hybridized carbons (Fsp3) is 0.0769. The van der Waals surface area contributed by atoms with E-state index >= 15 is 0 Å². The van der Waals surface area contributed by atoms with E-state index in [1.54, 1.807) is 12.1 Å². The van der Waals surface area contributed by atoms with E-state index in [9.17, 15) is 18.3 Å². The van der Waals surface area contributed by atoms with Crippen LogP contribution in [0.15, 0.2) is 56.7 Å². The van der Waals surface area contributed by atoms with Crippen LogP contribution in [0, 0.1) is 0 Å². The lowest BCUT2D eigenvalue weighted by Crippen LogP contribution is -2.06. The van der Waals surface area contributed by atoms with E-state index in [1.807, 2.05) is 0 Å². The third-order valence-corrected chi connectivity index (χ3v) is 3.84. The maximum absolute atomic E-state index is 12.9. The monoisotopic (exact) mass is 348 g/mol. The molecule has 0 saturated heterocycles. The summed E-state index contributed by atoms with van der Waals surface area (Å²) in [6.45, 7) is 0. The van der Waals surface area contributed by atoms with E-state index in [2.05, 4.69) is 15.9 Å². The predicted molar refractivity (Wildman–Crippen MR) is 71.4 cm³/mol. The molecule has 0 radical (unpaired) electrons. The molecule has 0 spiro atoms. The van der Waals surface area contributed by atoms with Gasteiger partial charge < -0.3 is 5.11 Å². The van der Waals surface area contributed by atoms with Crippen LogP contribution in [0.5, 0.6) is 5.75 Å². The third-order valence-electron chi connectivity index (χ3n) is 2.29. The molecule has 2 aromatic rings. The fourth-order valence-electron chi connectivity index (χ4n) is 1.49. The molecular weight excluding hydrogens is 341 g/mol. The molecule has 0 atom stereocenters. The summed E-state index contributed by atoms with van der Waals surface area (Å²) in [7, 11) is 0. The molecule has 0 aliphatic carbocycles. The number of benzene rings is 2. The number of phenolic OH excluding ortho intramolecular Hbond substituents is 1. The molecule has 6 heteroatoms. The summed E-state index contributed by atoms with van der Waals surface area (Å²) in [4.78, 5) is 0.635. The quantitative estimate of drug-likeness (QED) is 0.791. The van der Waals surface area contributed by atoms with Gasteiger partial charge >= 0.3 is 6.18 Å². The summed E-state index contributed by atoms with van der Waals surface area (Å²) in [6, 6.07) is 9.93. The van der Waals surface area contributed by atoms with Gasteiger partial charge in [-0.25, -0.2) is 0 Å². The van der Waals surface area contributed by atoms with Gasteiger partial charge in [-0.3, -0.25) is 0 Å². The van der Waals surface area contributed by atoms with Gasteiger partial charge in [-0.05, 0) is 36.4 Å². The van der Waals surface area contributed by atoms with Gasteiger partial charge in [0.25, 0.3) is 0 Å². The van der Waals surface area contributed by atoms with Crippen LogP contribution in [0.3, 0.4) is 0 Å². The molecule has 0 fully saturated rings. The van der Waals surface area contributed by atoms with Crippen molar-refractivity contribution in [3.8, 4) is 5.75 Å². The van der Waals surface area contributed by atoms with Crippen LogP contribution >= 0.6 is 27.7 Å². The standard InChI is InChI=1S/C13H8BrF3OS/c14-8-4-5-11(13(15,16)17)12(6-8)19-10-3-1-2-9(18)7-10/h1-7,18H. The lowest BCUT2D eigenvalue weighted by Gasteiger charge is -2.12. The largest absolute Gasteiger partial charge is 0.508 e. The highest BCUT2D eigenvalue weighted by Crippen LogP contribution is 2.41. The second kappa shape index (κ2) is 5.46. The van der Waals surface area contributed by atoms with Crippen molar-refractivity contribution < 1.29 is 18.3 Å². The third kappa shape index (κ3) is 3.67. The van der Waals surface area contributed by atoms with Crippen molar-refractivity contribution in [2.75, 3.05) is 0 Å². The molecule has 100 valence electrons. The van der Waals surface area contributed by atoms with E-state index in [0.29, 0.717) is 9.37 Å². The van der Waals surface area contributed by atoms with E-state index in [4.69, 9.17) is 0 Å². The molecule has 0 saturated carbocycles. The average Bonchev–Trinajstić information content (AvgIpc) is 2.27. The van der Waals surface area contributed by atoms with Gasteiger partial charge in [-0.15, -0.1) is 0 Å². The molecule has 0 bridgehead atoms. The first-order valence-electron chi connectivity index (χ1n) is 5.20. The first-order chi connectivity index (χ1) is 8.86. The first-order valence-corrected chi connectivity index (χ1v) is 6.81. The number of halogens is 4.